The molecule has 5 aromatic carbocycles. The molecule has 7 nitrogen and oxygen atoms in total. The van der Waals surface area contributed by atoms with Crippen molar-refractivity contribution in [3.05, 3.63) is 150 Å². The summed E-state index contributed by atoms with van der Waals surface area (Å²) in [6, 6.07) is 40.6. The molecular weight excluding hydrogens is 645 g/mol. The molecule has 52 heavy (non-hydrogen) atoms. The number of aromatic nitrogens is 4. The van der Waals surface area contributed by atoms with Crippen molar-refractivity contribution in [2.24, 2.45) is 0 Å². The van der Waals surface area contributed by atoms with Gasteiger partial charge in [-0.05, 0) is 92.1 Å². The molecule has 0 saturated carbocycles. The lowest BCUT2D eigenvalue weighted by Gasteiger charge is -2.20. The fourth-order valence-electron chi connectivity index (χ4n) is 7.80. The smallest absolute Gasteiger partial charge is 0.337 e. The van der Waals surface area contributed by atoms with Crippen LogP contribution in [0.25, 0.3) is 44.8 Å². The van der Waals surface area contributed by atoms with Crippen molar-refractivity contribution in [1.29, 1.82) is 0 Å². The number of methoxy groups -OCH3 is 1. The molecule has 0 saturated heterocycles. The summed E-state index contributed by atoms with van der Waals surface area (Å²) in [5.41, 5.74) is 9.60. The minimum absolute atomic E-state index is 0.166. The van der Waals surface area contributed by atoms with E-state index in [1.54, 1.807) is 6.07 Å². The predicted molar refractivity (Wildman–Crippen MR) is 207 cm³/mol. The van der Waals surface area contributed by atoms with Crippen LogP contribution in [0.1, 0.15) is 65.9 Å². The third-order valence-corrected chi connectivity index (χ3v) is 10.4. The van der Waals surface area contributed by atoms with Crippen LogP contribution in [0.2, 0.25) is 0 Å². The van der Waals surface area contributed by atoms with Crippen molar-refractivity contribution in [2.75, 3.05) is 7.11 Å². The average Bonchev–Trinajstić information content (AvgIpc) is 3.76. The lowest BCUT2D eigenvalue weighted by Crippen LogP contribution is -2.09. The molecule has 0 unspecified atom stereocenters. The molecule has 0 aliphatic heterocycles. The molecule has 0 spiro atoms. The van der Waals surface area contributed by atoms with Gasteiger partial charge in [0.1, 0.15) is 17.4 Å². The lowest BCUT2D eigenvalue weighted by molar-refractivity contribution is 0.0601. The third-order valence-electron chi connectivity index (χ3n) is 10.4. The Bertz CT molecular complexity index is 2350. The number of carbonyl (C=O) groups is 1. The van der Waals surface area contributed by atoms with Crippen molar-refractivity contribution in [2.45, 2.75) is 57.5 Å². The minimum atomic E-state index is -0.393. The molecule has 2 aromatic heterocycles. The van der Waals surface area contributed by atoms with E-state index >= 15 is 0 Å². The monoisotopic (exact) mass is 686 g/mol. The summed E-state index contributed by atoms with van der Waals surface area (Å²) < 4.78 is 9.65. The number of hydrogen-bond donors (Lipinski definition) is 1. The summed E-state index contributed by atoms with van der Waals surface area (Å²) in [6.07, 6.45) is 8.85. The van der Waals surface area contributed by atoms with E-state index in [0.717, 1.165) is 71.5 Å². The first-order valence-electron chi connectivity index (χ1n) is 18.2. The van der Waals surface area contributed by atoms with Crippen molar-refractivity contribution in [3.8, 4) is 28.5 Å². The zero-order valence-corrected chi connectivity index (χ0v) is 29.4. The average molecular weight is 687 g/mol. The quantitative estimate of drug-likeness (QED) is 0.108. The standard InChI is InChI=1S/C45H42N4O3/c1-52-45(51)34-24-25-40-39(30-34)47-44(48(40)29-27-35(32-16-7-3-8-17-32)33-18-9-4-10-19-33)37-21-13-22-38-42(37)49(28-26-31-14-5-2-6-15-31)43(46-38)36-20-11-12-23-41(36)50/h3-4,7-14,16-25,30,35,50H,2,5-6,15,26-29H2,1H3. The predicted octanol–water partition coefficient (Wildman–Crippen LogP) is 10.3. The second kappa shape index (κ2) is 14.7. The molecular formula is C45H42N4O3. The molecule has 1 aliphatic carbocycles. The molecule has 0 atom stereocenters. The van der Waals surface area contributed by atoms with E-state index in [-0.39, 0.29) is 11.7 Å². The van der Waals surface area contributed by atoms with E-state index in [9.17, 15) is 9.90 Å². The Kier molecular flexibility index (Phi) is 9.40. The number of phenols is 1. The maximum absolute atomic E-state index is 12.6. The molecule has 0 fully saturated rings. The number of benzene rings is 5. The lowest BCUT2D eigenvalue weighted by atomic mass is 9.88. The second-order valence-electron chi connectivity index (χ2n) is 13.6. The van der Waals surface area contributed by atoms with Gasteiger partial charge in [0.25, 0.3) is 0 Å². The van der Waals surface area contributed by atoms with Gasteiger partial charge in [-0.25, -0.2) is 14.8 Å². The first kappa shape index (κ1) is 33.2. The summed E-state index contributed by atoms with van der Waals surface area (Å²) in [5.74, 6) is 1.52. The number of rotatable bonds is 11. The second-order valence-corrected chi connectivity index (χ2v) is 13.6. The first-order valence-corrected chi connectivity index (χ1v) is 18.2. The summed E-state index contributed by atoms with van der Waals surface area (Å²) >= 11 is 0. The molecule has 8 rings (SSSR count). The number of esters is 1. The Morgan fingerprint density at radius 1 is 0.750 bits per heavy atom. The number of fused-ring (bicyclic) bond motifs is 2. The Morgan fingerprint density at radius 2 is 1.44 bits per heavy atom. The van der Waals surface area contributed by atoms with Gasteiger partial charge in [0.05, 0.1) is 40.3 Å². The minimum Gasteiger partial charge on any atom is -0.507 e. The molecule has 0 bridgehead atoms. The van der Waals surface area contributed by atoms with Crippen LogP contribution in [0, 0.1) is 0 Å². The third kappa shape index (κ3) is 6.50. The highest BCUT2D eigenvalue weighted by Crippen LogP contribution is 2.38. The Balaban J connectivity index is 1.30. The maximum Gasteiger partial charge on any atom is 0.337 e. The largest absolute Gasteiger partial charge is 0.507 e. The van der Waals surface area contributed by atoms with Crippen LogP contribution >= 0.6 is 0 Å². The van der Waals surface area contributed by atoms with Crippen LogP contribution in [-0.2, 0) is 17.8 Å². The Hall–Kier alpha value is -5.95. The summed E-state index contributed by atoms with van der Waals surface area (Å²) in [7, 11) is 1.40. The van der Waals surface area contributed by atoms with E-state index < -0.39 is 5.97 Å². The first-order chi connectivity index (χ1) is 25.6. The number of aryl methyl sites for hydroxylation is 2. The van der Waals surface area contributed by atoms with E-state index in [4.69, 9.17) is 14.7 Å². The molecule has 2 heterocycles. The highest BCUT2D eigenvalue weighted by Gasteiger charge is 2.24. The zero-order chi connectivity index (χ0) is 35.4. The van der Waals surface area contributed by atoms with E-state index in [0.29, 0.717) is 17.7 Å². The molecule has 0 amide bonds. The topological polar surface area (TPSA) is 82.2 Å². The summed E-state index contributed by atoms with van der Waals surface area (Å²) in [5, 5.41) is 11.0. The molecule has 260 valence electrons. The Morgan fingerprint density at radius 3 is 2.15 bits per heavy atom. The molecule has 1 aliphatic rings. The van der Waals surface area contributed by atoms with Crippen molar-refractivity contribution in [1.82, 2.24) is 19.1 Å². The Labute approximate surface area is 303 Å². The van der Waals surface area contributed by atoms with Gasteiger partial charge in [-0.15, -0.1) is 0 Å². The highest BCUT2D eigenvalue weighted by molar-refractivity contribution is 5.97. The normalized spacial score (nSPS) is 13.2. The molecule has 1 N–H and O–H groups in total. The number of ether oxygens (including phenoxy) is 1. The van der Waals surface area contributed by atoms with Crippen LogP contribution < -0.4 is 0 Å². The van der Waals surface area contributed by atoms with E-state index in [2.05, 4.69) is 81.9 Å². The number of nitrogens with zero attached hydrogens (tertiary/aromatic N) is 4. The zero-order valence-electron chi connectivity index (χ0n) is 29.4. The van der Waals surface area contributed by atoms with Crippen molar-refractivity contribution < 1.29 is 14.6 Å². The van der Waals surface area contributed by atoms with Crippen LogP contribution in [0.4, 0.5) is 0 Å². The van der Waals surface area contributed by atoms with Crippen LogP contribution in [0.15, 0.2) is 133 Å². The van der Waals surface area contributed by atoms with Gasteiger partial charge in [0, 0.05) is 24.6 Å². The van der Waals surface area contributed by atoms with Crippen LogP contribution in [0.3, 0.4) is 0 Å². The fourth-order valence-corrected chi connectivity index (χ4v) is 7.80. The highest BCUT2D eigenvalue weighted by atomic mass is 16.5. The molecule has 7 heteroatoms. The van der Waals surface area contributed by atoms with Gasteiger partial charge in [-0.1, -0.05) is 90.5 Å². The van der Waals surface area contributed by atoms with Gasteiger partial charge >= 0.3 is 5.97 Å². The van der Waals surface area contributed by atoms with Gasteiger partial charge < -0.3 is 19.0 Å². The molecule has 7 aromatic rings. The van der Waals surface area contributed by atoms with Crippen molar-refractivity contribution >= 4 is 28.0 Å². The number of phenolic OH excluding ortho intramolecular Hbond substituents is 1. The van der Waals surface area contributed by atoms with Crippen molar-refractivity contribution in [3.63, 3.8) is 0 Å². The number of para-hydroxylation sites is 2. The number of aromatic hydroxyl groups is 1. The summed E-state index contributed by atoms with van der Waals surface area (Å²) in [6.45, 7) is 1.40. The molecule has 0 radical (unpaired) electrons. The summed E-state index contributed by atoms with van der Waals surface area (Å²) in [4.78, 5) is 23.1. The van der Waals surface area contributed by atoms with Crippen LogP contribution in [-0.4, -0.2) is 37.3 Å². The van der Waals surface area contributed by atoms with E-state index in [1.807, 2.05) is 48.5 Å². The van der Waals surface area contributed by atoms with Gasteiger partial charge in [0.15, 0.2) is 0 Å². The van der Waals surface area contributed by atoms with Gasteiger partial charge in [-0.3, -0.25) is 0 Å². The van der Waals surface area contributed by atoms with Gasteiger partial charge in [0.2, 0.25) is 0 Å². The number of allylic oxidation sites excluding steroid dienone is 2. The number of hydrogen-bond acceptors (Lipinski definition) is 5. The number of imidazole rings is 2. The maximum atomic E-state index is 12.6. The SMILES string of the molecule is COC(=O)c1ccc2c(c1)nc(-c1cccc3nc(-c4ccccc4O)n(CCC4=CCCCC4)c13)n2CCC(c1ccccc1)c1ccccc1. The van der Waals surface area contributed by atoms with E-state index in [1.165, 1.54) is 36.7 Å². The fraction of sp³-hybridized carbons (Fsp3) is 0.222. The van der Waals surface area contributed by atoms with Crippen LogP contribution in [0.5, 0.6) is 5.75 Å². The van der Waals surface area contributed by atoms with Gasteiger partial charge in [-0.2, -0.15) is 0 Å². The number of carbonyl (C=O) groups excluding carboxylic acids is 1.